The van der Waals surface area contributed by atoms with Gasteiger partial charge in [0.2, 0.25) is 0 Å². The minimum Gasteiger partial charge on any atom is -0.427 e. The first-order valence-corrected chi connectivity index (χ1v) is 7.35. The fraction of sp³-hybridized carbons (Fsp3) is 0.167. The van der Waals surface area contributed by atoms with Crippen molar-refractivity contribution in [1.29, 1.82) is 5.26 Å². The average molecular weight is 326 g/mol. The lowest BCUT2D eigenvalue weighted by atomic mass is 10.1. The molecule has 0 spiro atoms. The highest BCUT2D eigenvalue weighted by atomic mass is 19.1. The van der Waals surface area contributed by atoms with Gasteiger partial charge in [0, 0.05) is 12.1 Å². The highest BCUT2D eigenvalue weighted by Gasteiger charge is 2.13. The Morgan fingerprint density at radius 2 is 1.92 bits per heavy atom. The van der Waals surface area contributed by atoms with Crippen LogP contribution in [0.1, 0.15) is 35.7 Å². The third kappa shape index (κ3) is 4.40. The van der Waals surface area contributed by atoms with Crippen LogP contribution < -0.4 is 10.1 Å². The molecule has 2 rings (SSSR count). The summed E-state index contributed by atoms with van der Waals surface area (Å²) in [5.74, 6) is -1.35. The number of amides is 1. The number of carbonyl (C=O) groups is 2. The molecule has 0 aliphatic rings. The molecule has 0 heterocycles. The molecule has 0 aliphatic heterocycles. The van der Waals surface area contributed by atoms with E-state index in [1.807, 2.05) is 6.92 Å². The Morgan fingerprint density at radius 3 is 2.50 bits per heavy atom. The highest BCUT2D eigenvalue weighted by molar-refractivity contribution is 6.04. The van der Waals surface area contributed by atoms with Gasteiger partial charge in [-0.3, -0.25) is 9.59 Å². The van der Waals surface area contributed by atoms with Crippen LogP contribution >= 0.6 is 0 Å². The summed E-state index contributed by atoms with van der Waals surface area (Å²) in [6, 6.07) is 11.6. The van der Waals surface area contributed by atoms with Gasteiger partial charge >= 0.3 is 5.97 Å². The maximum Gasteiger partial charge on any atom is 0.311 e. The van der Waals surface area contributed by atoms with E-state index in [9.17, 15) is 14.0 Å². The standard InChI is InChI=1S/C18H15FN2O3/c1-2-3-17(22)24-14-7-5-13(6-8-14)21-18(23)15-9-4-12(11-20)10-16(15)19/h4-10H,2-3H2,1H3,(H,21,23). The molecular formula is C18H15FN2O3. The topological polar surface area (TPSA) is 79.2 Å². The summed E-state index contributed by atoms with van der Waals surface area (Å²) in [4.78, 5) is 23.5. The Morgan fingerprint density at radius 1 is 1.21 bits per heavy atom. The molecule has 2 aromatic carbocycles. The Bertz CT molecular complexity index is 795. The number of rotatable bonds is 5. The quantitative estimate of drug-likeness (QED) is 0.672. The van der Waals surface area contributed by atoms with E-state index in [0.717, 1.165) is 6.07 Å². The van der Waals surface area contributed by atoms with Gasteiger partial charge in [-0.25, -0.2) is 4.39 Å². The predicted molar refractivity (Wildman–Crippen MR) is 86.1 cm³/mol. The number of halogens is 1. The zero-order chi connectivity index (χ0) is 17.5. The van der Waals surface area contributed by atoms with Gasteiger partial charge in [0.15, 0.2) is 0 Å². The molecule has 1 N–H and O–H groups in total. The summed E-state index contributed by atoms with van der Waals surface area (Å²) >= 11 is 0. The van der Waals surface area contributed by atoms with Crippen LogP contribution in [0.25, 0.3) is 0 Å². The van der Waals surface area contributed by atoms with Gasteiger partial charge in [-0.15, -0.1) is 0 Å². The lowest BCUT2D eigenvalue weighted by molar-refractivity contribution is -0.134. The van der Waals surface area contributed by atoms with Crippen LogP contribution in [0.5, 0.6) is 5.75 Å². The van der Waals surface area contributed by atoms with E-state index in [1.54, 1.807) is 18.2 Å². The Labute approximate surface area is 138 Å². The second-order valence-electron chi connectivity index (χ2n) is 5.01. The normalized spacial score (nSPS) is 9.88. The fourth-order valence-corrected chi connectivity index (χ4v) is 1.96. The monoisotopic (exact) mass is 326 g/mol. The number of hydrogen-bond acceptors (Lipinski definition) is 4. The zero-order valence-corrected chi connectivity index (χ0v) is 13.0. The number of carbonyl (C=O) groups excluding carboxylic acids is 2. The first-order chi connectivity index (χ1) is 11.5. The van der Waals surface area contributed by atoms with Crippen molar-refractivity contribution in [3.63, 3.8) is 0 Å². The van der Waals surface area contributed by atoms with E-state index in [0.29, 0.717) is 24.3 Å². The summed E-state index contributed by atoms with van der Waals surface area (Å²) in [6.45, 7) is 1.88. The average Bonchev–Trinajstić information content (AvgIpc) is 2.56. The van der Waals surface area contributed by atoms with Gasteiger partial charge in [-0.2, -0.15) is 5.26 Å². The van der Waals surface area contributed by atoms with Crippen molar-refractivity contribution in [2.45, 2.75) is 19.8 Å². The van der Waals surface area contributed by atoms with Crippen LogP contribution in [0.2, 0.25) is 0 Å². The Balaban J connectivity index is 2.04. The molecular weight excluding hydrogens is 311 g/mol. The predicted octanol–water partition coefficient (Wildman–Crippen LogP) is 3.66. The van der Waals surface area contributed by atoms with Gasteiger partial charge < -0.3 is 10.1 Å². The third-order valence-electron chi connectivity index (χ3n) is 3.14. The van der Waals surface area contributed by atoms with Gasteiger partial charge in [0.25, 0.3) is 5.91 Å². The minimum atomic E-state index is -0.767. The van der Waals surface area contributed by atoms with E-state index >= 15 is 0 Å². The van der Waals surface area contributed by atoms with E-state index in [1.165, 1.54) is 24.3 Å². The molecule has 0 fully saturated rings. The number of nitrogens with one attached hydrogen (secondary N) is 1. The molecule has 0 aromatic heterocycles. The Hall–Kier alpha value is -3.20. The minimum absolute atomic E-state index is 0.141. The van der Waals surface area contributed by atoms with Gasteiger partial charge in [-0.05, 0) is 48.9 Å². The van der Waals surface area contributed by atoms with E-state index in [2.05, 4.69) is 5.32 Å². The van der Waals surface area contributed by atoms with Crippen LogP contribution in [0, 0.1) is 17.1 Å². The first-order valence-electron chi connectivity index (χ1n) is 7.35. The van der Waals surface area contributed by atoms with Crippen LogP contribution in [0.3, 0.4) is 0 Å². The van der Waals surface area contributed by atoms with Crippen molar-refractivity contribution >= 4 is 17.6 Å². The van der Waals surface area contributed by atoms with Crippen molar-refractivity contribution in [2.24, 2.45) is 0 Å². The zero-order valence-electron chi connectivity index (χ0n) is 13.0. The number of benzene rings is 2. The number of nitrogens with zero attached hydrogens (tertiary/aromatic N) is 1. The number of nitriles is 1. The summed E-state index contributed by atoms with van der Waals surface area (Å²) < 4.78 is 18.9. The van der Waals surface area contributed by atoms with Crippen molar-refractivity contribution in [3.05, 3.63) is 59.4 Å². The molecule has 5 nitrogen and oxygen atoms in total. The van der Waals surface area contributed by atoms with Crippen molar-refractivity contribution in [2.75, 3.05) is 5.32 Å². The summed E-state index contributed by atoms with van der Waals surface area (Å²) in [6.07, 6.45) is 1.03. The molecule has 0 aliphatic carbocycles. The molecule has 0 atom stereocenters. The molecule has 0 bridgehead atoms. The maximum absolute atomic E-state index is 13.8. The summed E-state index contributed by atoms with van der Waals surface area (Å²) in [7, 11) is 0. The van der Waals surface area contributed by atoms with Crippen molar-refractivity contribution in [1.82, 2.24) is 0 Å². The molecule has 2 aromatic rings. The number of esters is 1. The number of anilines is 1. The molecule has 0 saturated carbocycles. The summed E-state index contributed by atoms with van der Waals surface area (Å²) in [5, 5.41) is 11.2. The second-order valence-corrected chi connectivity index (χ2v) is 5.01. The SMILES string of the molecule is CCCC(=O)Oc1ccc(NC(=O)c2ccc(C#N)cc2F)cc1. The highest BCUT2D eigenvalue weighted by Crippen LogP contribution is 2.18. The van der Waals surface area contributed by atoms with E-state index in [-0.39, 0.29) is 17.1 Å². The van der Waals surface area contributed by atoms with E-state index < -0.39 is 11.7 Å². The van der Waals surface area contributed by atoms with Crippen molar-refractivity contribution in [3.8, 4) is 11.8 Å². The van der Waals surface area contributed by atoms with E-state index in [4.69, 9.17) is 10.00 Å². The molecule has 122 valence electrons. The fourth-order valence-electron chi connectivity index (χ4n) is 1.96. The van der Waals surface area contributed by atoms with Crippen LogP contribution in [0.4, 0.5) is 10.1 Å². The third-order valence-corrected chi connectivity index (χ3v) is 3.14. The van der Waals surface area contributed by atoms with Gasteiger partial charge in [0.1, 0.15) is 11.6 Å². The molecule has 0 unspecified atom stereocenters. The second kappa shape index (κ2) is 7.88. The lowest BCUT2D eigenvalue weighted by Crippen LogP contribution is -2.14. The smallest absolute Gasteiger partial charge is 0.311 e. The van der Waals surface area contributed by atoms with Crippen molar-refractivity contribution < 1.29 is 18.7 Å². The lowest BCUT2D eigenvalue weighted by Gasteiger charge is -2.08. The summed E-state index contributed by atoms with van der Waals surface area (Å²) in [5.41, 5.74) is 0.411. The van der Waals surface area contributed by atoms with Crippen LogP contribution in [0.15, 0.2) is 42.5 Å². The molecule has 0 saturated heterocycles. The number of hydrogen-bond donors (Lipinski definition) is 1. The number of ether oxygens (including phenoxy) is 1. The van der Waals surface area contributed by atoms with Crippen LogP contribution in [-0.2, 0) is 4.79 Å². The molecule has 1 amide bonds. The first kappa shape index (κ1) is 17.2. The Kier molecular flexibility index (Phi) is 5.63. The van der Waals surface area contributed by atoms with Gasteiger partial charge in [0.05, 0.1) is 17.2 Å². The van der Waals surface area contributed by atoms with Crippen LogP contribution in [-0.4, -0.2) is 11.9 Å². The molecule has 24 heavy (non-hydrogen) atoms. The maximum atomic E-state index is 13.8. The molecule has 0 radical (unpaired) electrons. The van der Waals surface area contributed by atoms with Gasteiger partial charge in [-0.1, -0.05) is 6.92 Å². The largest absolute Gasteiger partial charge is 0.427 e. The molecule has 6 heteroatoms.